The minimum atomic E-state index is 0. The van der Waals surface area contributed by atoms with Gasteiger partial charge in [0.05, 0.1) is 0 Å². The molecule has 1 amide bonds. The Morgan fingerprint density at radius 3 is 2.22 bits per heavy atom. The van der Waals surface area contributed by atoms with Gasteiger partial charge in [0.2, 0.25) is 5.91 Å². The van der Waals surface area contributed by atoms with Crippen molar-refractivity contribution in [1.82, 2.24) is 10.3 Å². The smallest absolute Gasteiger partial charge is 0.224 e. The third-order valence-corrected chi connectivity index (χ3v) is 5.07. The number of aromatic nitrogens is 1. The summed E-state index contributed by atoms with van der Waals surface area (Å²) < 4.78 is 5.73. The largest absolute Gasteiger partial charge is 0.457 e. The summed E-state index contributed by atoms with van der Waals surface area (Å²) in [7, 11) is 0. The summed E-state index contributed by atoms with van der Waals surface area (Å²) in [4.78, 5) is 16.3. The number of hydrogen-bond acceptors (Lipinski definition) is 4. The highest BCUT2D eigenvalue weighted by molar-refractivity contribution is 5.90. The van der Waals surface area contributed by atoms with E-state index in [4.69, 9.17) is 4.74 Å². The van der Waals surface area contributed by atoms with Crippen LogP contribution in [0.5, 0.6) is 11.5 Å². The van der Waals surface area contributed by atoms with Crippen LogP contribution < -0.4 is 15.4 Å². The van der Waals surface area contributed by atoms with Crippen LogP contribution in [0.25, 0.3) is 0 Å². The highest BCUT2D eigenvalue weighted by atomic mass is 35.5. The Hall–Kier alpha value is -1.82. The van der Waals surface area contributed by atoms with Crippen LogP contribution in [-0.2, 0) is 4.79 Å². The fourth-order valence-corrected chi connectivity index (χ4v) is 3.96. The molecule has 27 heavy (non-hydrogen) atoms. The number of carbonyl (C=O) groups excluding carboxylic acids is 1. The molecule has 2 aliphatic heterocycles. The lowest BCUT2D eigenvalue weighted by Crippen LogP contribution is -2.39. The van der Waals surface area contributed by atoms with Gasteiger partial charge in [0.15, 0.2) is 0 Å². The minimum Gasteiger partial charge on any atom is -0.457 e. The van der Waals surface area contributed by atoms with Crippen LogP contribution >= 0.6 is 24.8 Å². The molecular formula is C20H25Cl2N3O2. The van der Waals surface area contributed by atoms with E-state index in [0.717, 1.165) is 30.0 Å². The molecule has 2 aliphatic rings. The Labute approximate surface area is 172 Å². The molecule has 2 atom stereocenters. The Morgan fingerprint density at radius 2 is 1.59 bits per heavy atom. The molecule has 5 nitrogen and oxygen atoms in total. The van der Waals surface area contributed by atoms with Crippen LogP contribution in [0, 0.1) is 5.92 Å². The number of rotatable bonds is 5. The molecule has 0 radical (unpaired) electrons. The average molecular weight is 410 g/mol. The second-order valence-electron chi connectivity index (χ2n) is 7.04. The van der Waals surface area contributed by atoms with Gasteiger partial charge >= 0.3 is 0 Å². The zero-order valence-electron chi connectivity index (χ0n) is 15.0. The molecule has 0 spiro atoms. The predicted octanol–water partition coefficient (Wildman–Crippen LogP) is 4.58. The summed E-state index contributed by atoms with van der Waals surface area (Å²) in [6.45, 7) is 0. The van der Waals surface area contributed by atoms with E-state index in [9.17, 15) is 4.79 Å². The van der Waals surface area contributed by atoms with E-state index >= 15 is 0 Å². The molecule has 2 bridgehead atoms. The van der Waals surface area contributed by atoms with Crippen molar-refractivity contribution in [3.8, 4) is 11.5 Å². The lowest BCUT2D eigenvalue weighted by molar-refractivity contribution is -0.117. The van der Waals surface area contributed by atoms with Crippen molar-refractivity contribution < 1.29 is 9.53 Å². The number of halogens is 2. The van der Waals surface area contributed by atoms with Crippen molar-refractivity contribution in [3.63, 3.8) is 0 Å². The zero-order valence-corrected chi connectivity index (χ0v) is 16.6. The standard InChI is InChI=1S/C20H23N3O2.2ClH/c24-20(13-14-11-16-1-2-17(12-14)22-16)23-15-3-5-18(6-4-15)25-19-7-9-21-10-8-19;;/h3-10,14,16-17,22H,1-2,11-13H2,(H,23,24);2*1H. The first-order valence-corrected chi connectivity index (χ1v) is 8.98. The Bertz CT molecular complexity index is 716. The van der Waals surface area contributed by atoms with Gasteiger partial charge in [-0.1, -0.05) is 0 Å². The van der Waals surface area contributed by atoms with Gasteiger partial charge in [0.1, 0.15) is 11.5 Å². The van der Waals surface area contributed by atoms with Gasteiger partial charge in [-0.3, -0.25) is 9.78 Å². The molecular weight excluding hydrogens is 385 g/mol. The molecule has 2 fully saturated rings. The van der Waals surface area contributed by atoms with Crippen LogP contribution in [0.1, 0.15) is 32.1 Å². The number of ether oxygens (including phenoxy) is 1. The number of hydrogen-bond donors (Lipinski definition) is 2. The number of anilines is 1. The number of fused-ring (bicyclic) bond motifs is 2. The second-order valence-corrected chi connectivity index (χ2v) is 7.04. The van der Waals surface area contributed by atoms with Gasteiger partial charge in [-0.25, -0.2) is 0 Å². The summed E-state index contributed by atoms with van der Waals surface area (Å²) in [5.74, 6) is 2.09. The van der Waals surface area contributed by atoms with Crippen LogP contribution in [0.3, 0.4) is 0 Å². The molecule has 1 aromatic heterocycles. The molecule has 4 rings (SSSR count). The summed E-state index contributed by atoms with van der Waals surface area (Å²) in [6, 6.07) is 12.3. The van der Waals surface area contributed by atoms with Gasteiger partial charge in [0, 0.05) is 36.6 Å². The third-order valence-electron chi connectivity index (χ3n) is 5.07. The van der Waals surface area contributed by atoms with Gasteiger partial charge in [-0.2, -0.15) is 0 Å². The summed E-state index contributed by atoms with van der Waals surface area (Å²) in [6.07, 6.45) is 8.78. The number of benzene rings is 1. The normalized spacial score (nSPS) is 22.9. The predicted molar refractivity (Wildman–Crippen MR) is 111 cm³/mol. The van der Waals surface area contributed by atoms with Gasteiger partial charge in [-0.05, 0) is 68.0 Å². The number of pyridine rings is 1. The van der Waals surface area contributed by atoms with Crippen molar-refractivity contribution in [1.29, 1.82) is 0 Å². The quantitative estimate of drug-likeness (QED) is 0.758. The van der Waals surface area contributed by atoms with Crippen LogP contribution in [0.2, 0.25) is 0 Å². The highest BCUT2D eigenvalue weighted by Crippen LogP contribution is 2.33. The molecule has 0 saturated carbocycles. The first kappa shape index (κ1) is 21.5. The van der Waals surface area contributed by atoms with Crippen molar-refractivity contribution in [2.75, 3.05) is 5.32 Å². The zero-order chi connectivity index (χ0) is 17.1. The van der Waals surface area contributed by atoms with Crippen LogP contribution in [0.15, 0.2) is 48.8 Å². The SMILES string of the molecule is Cl.Cl.O=C(CC1CC2CCC(C1)N2)Nc1ccc(Oc2ccncc2)cc1. The summed E-state index contributed by atoms with van der Waals surface area (Å²) in [5.41, 5.74) is 0.809. The number of amides is 1. The first-order chi connectivity index (χ1) is 12.2. The van der Waals surface area contributed by atoms with E-state index < -0.39 is 0 Å². The van der Waals surface area contributed by atoms with Crippen LogP contribution in [-0.4, -0.2) is 23.0 Å². The molecule has 2 N–H and O–H groups in total. The number of carbonyl (C=O) groups is 1. The molecule has 2 saturated heterocycles. The fourth-order valence-electron chi connectivity index (χ4n) is 3.96. The van der Waals surface area contributed by atoms with E-state index in [1.807, 2.05) is 36.4 Å². The number of piperidine rings is 1. The van der Waals surface area contributed by atoms with Crippen molar-refractivity contribution >= 4 is 36.4 Å². The fraction of sp³-hybridized carbons (Fsp3) is 0.400. The topological polar surface area (TPSA) is 63.2 Å². The molecule has 2 aromatic rings. The maximum atomic E-state index is 12.3. The van der Waals surface area contributed by atoms with E-state index in [1.54, 1.807) is 12.4 Å². The number of nitrogens with one attached hydrogen (secondary N) is 2. The maximum absolute atomic E-state index is 12.3. The monoisotopic (exact) mass is 409 g/mol. The summed E-state index contributed by atoms with van der Waals surface area (Å²) in [5, 5.41) is 6.63. The van der Waals surface area contributed by atoms with Crippen molar-refractivity contribution in [2.45, 2.75) is 44.2 Å². The minimum absolute atomic E-state index is 0. The summed E-state index contributed by atoms with van der Waals surface area (Å²) >= 11 is 0. The third kappa shape index (κ3) is 5.83. The van der Waals surface area contributed by atoms with E-state index in [0.29, 0.717) is 24.4 Å². The average Bonchev–Trinajstić information content (AvgIpc) is 2.96. The van der Waals surface area contributed by atoms with Crippen molar-refractivity contribution in [3.05, 3.63) is 48.8 Å². The van der Waals surface area contributed by atoms with Gasteiger partial charge < -0.3 is 15.4 Å². The molecule has 1 aromatic carbocycles. The van der Waals surface area contributed by atoms with Crippen LogP contribution in [0.4, 0.5) is 5.69 Å². The van der Waals surface area contributed by atoms with E-state index in [2.05, 4.69) is 15.6 Å². The molecule has 2 unspecified atom stereocenters. The Morgan fingerprint density at radius 1 is 1.00 bits per heavy atom. The van der Waals surface area contributed by atoms with Crippen molar-refractivity contribution in [2.24, 2.45) is 5.92 Å². The number of nitrogens with zero attached hydrogens (tertiary/aromatic N) is 1. The van der Waals surface area contributed by atoms with Gasteiger partial charge in [0.25, 0.3) is 0 Å². The van der Waals surface area contributed by atoms with E-state index in [-0.39, 0.29) is 30.7 Å². The molecule has 3 heterocycles. The second kappa shape index (κ2) is 9.93. The molecule has 0 aliphatic carbocycles. The molecule has 7 heteroatoms. The lowest BCUT2D eigenvalue weighted by Gasteiger charge is -2.28. The maximum Gasteiger partial charge on any atom is 0.224 e. The molecule has 146 valence electrons. The van der Waals surface area contributed by atoms with E-state index in [1.165, 1.54) is 12.8 Å². The highest BCUT2D eigenvalue weighted by Gasteiger charge is 2.34. The van der Waals surface area contributed by atoms with Gasteiger partial charge in [-0.15, -0.1) is 24.8 Å². The Kier molecular flexibility index (Phi) is 7.90. The lowest BCUT2D eigenvalue weighted by atomic mass is 9.89. The first-order valence-electron chi connectivity index (χ1n) is 8.98. The Balaban J connectivity index is 0.00000131.